The molecule has 0 saturated heterocycles. The van der Waals surface area contributed by atoms with E-state index in [0.717, 1.165) is 25.0 Å². The topological polar surface area (TPSA) is 46.5 Å². The van der Waals surface area contributed by atoms with Crippen LogP contribution in [-0.4, -0.2) is 18.2 Å². The highest BCUT2D eigenvalue weighted by molar-refractivity contribution is 5.70. The van der Waals surface area contributed by atoms with Crippen molar-refractivity contribution < 1.29 is 14.6 Å². The summed E-state index contributed by atoms with van der Waals surface area (Å²) in [5, 5.41) is 8.95. The summed E-state index contributed by atoms with van der Waals surface area (Å²) < 4.78 is 5.17. The largest absolute Gasteiger partial charge is 0.497 e. The van der Waals surface area contributed by atoms with E-state index in [1.807, 2.05) is 18.2 Å². The molecule has 2 rings (SSSR count). The Kier molecular flexibility index (Phi) is 3.13. The monoisotopic (exact) mass is 220 g/mol. The van der Waals surface area contributed by atoms with Gasteiger partial charge in [0, 0.05) is 0 Å². The first-order valence-electron chi connectivity index (χ1n) is 5.57. The zero-order valence-electron chi connectivity index (χ0n) is 9.35. The maximum Gasteiger partial charge on any atom is 0.306 e. The molecule has 16 heavy (non-hydrogen) atoms. The smallest absolute Gasteiger partial charge is 0.306 e. The van der Waals surface area contributed by atoms with E-state index < -0.39 is 5.97 Å². The molecule has 1 fully saturated rings. The minimum atomic E-state index is -0.662. The van der Waals surface area contributed by atoms with Gasteiger partial charge in [-0.25, -0.2) is 0 Å². The number of ether oxygens (including phenoxy) is 1. The van der Waals surface area contributed by atoms with Crippen molar-refractivity contribution in [2.45, 2.75) is 25.2 Å². The van der Waals surface area contributed by atoms with Crippen molar-refractivity contribution in [3.05, 3.63) is 29.8 Å². The lowest BCUT2D eigenvalue weighted by molar-refractivity contribution is -0.141. The van der Waals surface area contributed by atoms with Gasteiger partial charge in [0.15, 0.2) is 0 Å². The van der Waals surface area contributed by atoms with Gasteiger partial charge in [-0.15, -0.1) is 0 Å². The third-order valence-corrected chi connectivity index (χ3v) is 3.35. The van der Waals surface area contributed by atoms with E-state index in [9.17, 15) is 4.79 Å². The second kappa shape index (κ2) is 4.56. The van der Waals surface area contributed by atoms with E-state index in [2.05, 4.69) is 6.07 Å². The molecule has 0 spiro atoms. The van der Waals surface area contributed by atoms with Crippen LogP contribution in [-0.2, 0) is 4.79 Å². The first-order chi connectivity index (χ1) is 7.70. The Bertz CT molecular complexity index is 387. The molecule has 0 aromatic heterocycles. The van der Waals surface area contributed by atoms with Crippen LogP contribution >= 0.6 is 0 Å². The third kappa shape index (κ3) is 2.18. The number of hydrogen-bond acceptors (Lipinski definition) is 2. The van der Waals surface area contributed by atoms with Crippen LogP contribution in [0, 0.1) is 5.92 Å². The number of aliphatic carboxylic acids is 1. The van der Waals surface area contributed by atoms with Crippen molar-refractivity contribution in [2.75, 3.05) is 7.11 Å². The molecule has 0 radical (unpaired) electrons. The van der Waals surface area contributed by atoms with E-state index in [-0.39, 0.29) is 5.92 Å². The first kappa shape index (κ1) is 11.0. The molecule has 2 atom stereocenters. The van der Waals surface area contributed by atoms with Gasteiger partial charge in [-0.05, 0) is 42.9 Å². The summed E-state index contributed by atoms with van der Waals surface area (Å²) in [4.78, 5) is 10.9. The molecule has 1 aromatic carbocycles. The van der Waals surface area contributed by atoms with Gasteiger partial charge in [0.1, 0.15) is 5.75 Å². The van der Waals surface area contributed by atoms with Crippen LogP contribution in [0.1, 0.15) is 30.7 Å². The molecule has 0 unspecified atom stereocenters. The number of benzene rings is 1. The van der Waals surface area contributed by atoms with Crippen molar-refractivity contribution in [1.82, 2.24) is 0 Å². The van der Waals surface area contributed by atoms with E-state index in [1.54, 1.807) is 7.11 Å². The summed E-state index contributed by atoms with van der Waals surface area (Å²) in [6, 6.07) is 7.93. The van der Waals surface area contributed by atoms with Gasteiger partial charge in [-0.3, -0.25) is 4.79 Å². The summed E-state index contributed by atoms with van der Waals surface area (Å²) in [5.41, 5.74) is 1.20. The highest BCUT2D eigenvalue weighted by Gasteiger charge is 2.30. The fourth-order valence-corrected chi connectivity index (χ4v) is 2.40. The number of carboxylic acid groups (broad SMARTS) is 1. The average molecular weight is 220 g/mol. The van der Waals surface area contributed by atoms with Crippen LogP contribution in [0.3, 0.4) is 0 Å². The molecule has 1 aliphatic rings. The second-order valence-corrected chi connectivity index (χ2v) is 4.32. The Labute approximate surface area is 95.0 Å². The Morgan fingerprint density at radius 1 is 1.44 bits per heavy atom. The standard InChI is InChI=1S/C13H16O3/c1-16-12-4-2-3-9(8-12)10-5-6-11(7-10)13(14)15/h2-4,8,10-11H,5-7H2,1H3,(H,14,15)/t10-,11+/m0/s1. The Balaban J connectivity index is 2.11. The molecule has 3 nitrogen and oxygen atoms in total. The molecular weight excluding hydrogens is 204 g/mol. The molecule has 1 N–H and O–H groups in total. The van der Waals surface area contributed by atoms with E-state index in [1.165, 1.54) is 5.56 Å². The zero-order chi connectivity index (χ0) is 11.5. The molecular formula is C13H16O3. The highest BCUT2D eigenvalue weighted by Crippen LogP contribution is 2.39. The fraction of sp³-hybridized carbons (Fsp3) is 0.462. The third-order valence-electron chi connectivity index (χ3n) is 3.35. The van der Waals surface area contributed by atoms with Gasteiger partial charge in [0.05, 0.1) is 13.0 Å². The quantitative estimate of drug-likeness (QED) is 0.851. The minimum absolute atomic E-state index is 0.170. The molecule has 0 heterocycles. The van der Waals surface area contributed by atoms with Crippen LogP contribution in [0.4, 0.5) is 0 Å². The Hall–Kier alpha value is -1.51. The molecule has 0 aliphatic heterocycles. The van der Waals surface area contributed by atoms with Crippen molar-refractivity contribution in [2.24, 2.45) is 5.92 Å². The number of hydrogen-bond donors (Lipinski definition) is 1. The predicted molar refractivity (Wildman–Crippen MR) is 60.7 cm³/mol. The fourth-order valence-electron chi connectivity index (χ4n) is 2.40. The van der Waals surface area contributed by atoms with Gasteiger partial charge in [-0.2, -0.15) is 0 Å². The number of carbonyl (C=O) groups is 1. The number of carboxylic acids is 1. The lowest BCUT2D eigenvalue weighted by Gasteiger charge is -2.11. The highest BCUT2D eigenvalue weighted by atomic mass is 16.5. The second-order valence-electron chi connectivity index (χ2n) is 4.32. The van der Waals surface area contributed by atoms with Crippen molar-refractivity contribution in [1.29, 1.82) is 0 Å². The molecule has 1 saturated carbocycles. The first-order valence-corrected chi connectivity index (χ1v) is 5.57. The molecule has 0 bridgehead atoms. The maximum absolute atomic E-state index is 10.9. The molecule has 86 valence electrons. The minimum Gasteiger partial charge on any atom is -0.497 e. The number of methoxy groups -OCH3 is 1. The molecule has 1 aliphatic carbocycles. The van der Waals surface area contributed by atoms with E-state index in [4.69, 9.17) is 9.84 Å². The Morgan fingerprint density at radius 2 is 2.25 bits per heavy atom. The van der Waals surface area contributed by atoms with Gasteiger partial charge in [0.2, 0.25) is 0 Å². The molecule has 3 heteroatoms. The predicted octanol–water partition coefficient (Wildman–Crippen LogP) is 2.66. The lowest BCUT2D eigenvalue weighted by atomic mass is 9.96. The zero-order valence-corrected chi connectivity index (χ0v) is 9.35. The van der Waals surface area contributed by atoms with Crippen molar-refractivity contribution in [3.8, 4) is 5.75 Å². The van der Waals surface area contributed by atoms with E-state index in [0.29, 0.717) is 5.92 Å². The summed E-state index contributed by atoms with van der Waals surface area (Å²) in [7, 11) is 1.65. The molecule has 0 amide bonds. The SMILES string of the molecule is COc1cccc([C@H]2CC[C@@H](C(=O)O)C2)c1. The van der Waals surface area contributed by atoms with Crippen LogP contribution in [0.5, 0.6) is 5.75 Å². The average Bonchev–Trinajstić information content (AvgIpc) is 2.78. The van der Waals surface area contributed by atoms with Crippen LogP contribution in [0.15, 0.2) is 24.3 Å². The summed E-state index contributed by atoms with van der Waals surface area (Å²) in [5.74, 6) is 0.383. The maximum atomic E-state index is 10.9. The van der Waals surface area contributed by atoms with E-state index >= 15 is 0 Å². The Morgan fingerprint density at radius 3 is 2.88 bits per heavy atom. The van der Waals surface area contributed by atoms with Crippen molar-refractivity contribution in [3.63, 3.8) is 0 Å². The number of rotatable bonds is 3. The summed E-state index contributed by atoms with van der Waals surface area (Å²) >= 11 is 0. The van der Waals surface area contributed by atoms with Gasteiger partial charge in [0.25, 0.3) is 0 Å². The normalized spacial score (nSPS) is 24.3. The summed E-state index contributed by atoms with van der Waals surface area (Å²) in [6.07, 6.45) is 2.50. The van der Waals surface area contributed by atoms with Gasteiger partial charge in [-0.1, -0.05) is 12.1 Å². The van der Waals surface area contributed by atoms with Gasteiger partial charge >= 0.3 is 5.97 Å². The summed E-state index contributed by atoms with van der Waals surface area (Å²) in [6.45, 7) is 0. The van der Waals surface area contributed by atoms with Crippen molar-refractivity contribution >= 4 is 5.97 Å². The van der Waals surface area contributed by atoms with Crippen LogP contribution in [0.2, 0.25) is 0 Å². The van der Waals surface area contributed by atoms with Crippen LogP contribution < -0.4 is 4.74 Å². The van der Waals surface area contributed by atoms with Gasteiger partial charge < -0.3 is 9.84 Å². The molecule has 1 aromatic rings. The lowest BCUT2D eigenvalue weighted by Crippen LogP contribution is -2.09. The van der Waals surface area contributed by atoms with Crippen LogP contribution in [0.25, 0.3) is 0 Å².